The molecule has 2 aromatic carbocycles. The Morgan fingerprint density at radius 3 is 2.55 bits per heavy atom. The number of benzene rings is 2. The summed E-state index contributed by atoms with van der Waals surface area (Å²) in [6.07, 6.45) is 0. The molecule has 0 fully saturated rings. The smallest absolute Gasteiger partial charge is 0.270 e. The van der Waals surface area contributed by atoms with E-state index in [9.17, 15) is 14.9 Å². The van der Waals surface area contributed by atoms with Crippen molar-refractivity contribution < 1.29 is 9.72 Å². The van der Waals surface area contributed by atoms with E-state index in [-0.39, 0.29) is 11.3 Å². The Balaban J connectivity index is 2.24. The quantitative estimate of drug-likeness (QED) is 0.615. The largest absolute Gasteiger partial charge is 0.321 e. The van der Waals surface area contributed by atoms with E-state index in [1.54, 1.807) is 18.2 Å². The number of nitrogens with zero attached hydrogens (tertiary/aromatic N) is 1. The van der Waals surface area contributed by atoms with Gasteiger partial charge in [0, 0.05) is 26.6 Å². The molecule has 0 unspecified atom stereocenters. The predicted octanol–water partition coefficient (Wildman–Crippen LogP) is 4.37. The van der Waals surface area contributed by atoms with Gasteiger partial charge in [0.1, 0.15) is 0 Å². The number of nitro groups is 1. The second-order valence-corrected chi connectivity index (χ2v) is 5.66. The number of carbonyl (C=O) groups is 1. The minimum absolute atomic E-state index is 0.118. The van der Waals surface area contributed by atoms with Crippen LogP contribution in [0.3, 0.4) is 0 Å². The normalized spacial score (nSPS) is 10.1. The van der Waals surface area contributed by atoms with Crippen LogP contribution in [0.15, 0.2) is 51.4 Å². The van der Waals surface area contributed by atoms with Gasteiger partial charge in [-0.1, -0.05) is 22.0 Å². The third kappa shape index (κ3) is 3.43. The molecule has 0 radical (unpaired) electrons. The van der Waals surface area contributed by atoms with E-state index in [0.29, 0.717) is 10.2 Å². The Kier molecular flexibility index (Phi) is 4.51. The Morgan fingerprint density at radius 2 is 1.90 bits per heavy atom. The van der Waals surface area contributed by atoms with Gasteiger partial charge in [0.05, 0.1) is 10.6 Å². The van der Waals surface area contributed by atoms with Gasteiger partial charge in [0.2, 0.25) is 0 Å². The van der Waals surface area contributed by atoms with E-state index in [1.165, 1.54) is 24.3 Å². The highest BCUT2D eigenvalue weighted by atomic mass is 79.9. The zero-order chi connectivity index (χ0) is 14.7. The van der Waals surface area contributed by atoms with E-state index in [2.05, 4.69) is 37.2 Å². The molecule has 0 aliphatic heterocycles. The summed E-state index contributed by atoms with van der Waals surface area (Å²) in [5.74, 6) is -0.406. The monoisotopic (exact) mass is 398 g/mol. The summed E-state index contributed by atoms with van der Waals surface area (Å²) in [4.78, 5) is 22.2. The van der Waals surface area contributed by atoms with Crippen molar-refractivity contribution in [1.82, 2.24) is 0 Å². The first kappa shape index (κ1) is 14.7. The van der Waals surface area contributed by atoms with Crippen molar-refractivity contribution in [3.63, 3.8) is 0 Å². The van der Waals surface area contributed by atoms with Crippen LogP contribution in [0.25, 0.3) is 0 Å². The fourth-order valence-electron chi connectivity index (χ4n) is 1.55. The van der Waals surface area contributed by atoms with Gasteiger partial charge in [0.15, 0.2) is 0 Å². The lowest BCUT2D eigenvalue weighted by molar-refractivity contribution is -0.384. The lowest BCUT2D eigenvalue weighted by Crippen LogP contribution is -2.12. The van der Waals surface area contributed by atoms with Gasteiger partial charge in [-0.05, 0) is 40.2 Å². The molecule has 0 atom stereocenters. The number of rotatable bonds is 3. The van der Waals surface area contributed by atoms with Gasteiger partial charge in [0.25, 0.3) is 11.6 Å². The Bertz CT molecular complexity index is 689. The van der Waals surface area contributed by atoms with Crippen LogP contribution in [0.1, 0.15) is 10.4 Å². The number of nitro benzene ring substituents is 1. The van der Waals surface area contributed by atoms with Gasteiger partial charge in [-0.2, -0.15) is 0 Å². The molecule has 0 aliphatic carbocycles. The second kappa shape index (κ2) is 6.15. The van der Waals surface area contributed by atoms with E-state index in [1.807, 2.05) is 0 Å². The molecular formula is C13H8Br2N2O3. The maximum absolute atomic E-state index is 12.1. The number of non-ortho nitro benzene ring substituents is 1. The zero-order valence-electron chi connectivity index (χ0n) is 9.97. The summed E-state index contributed by atoms with van der Waals surface area (Å²) in [6, 6.07) is 10.9. The molecule has 1 amide bonds. The molecule has 20 heavy (non-hydrogen) atoms. The van der Waals surface area contributed by atoms with Crippen LogP contribution < -0.4 is 5.32 Å². The number of halogens is 2. The molecule has 0 spiro atoms. The van der Waals surface area contributed by atoms with Crippen molar-refractivity contribution in [2.45, 2.75) is 0 Å². The summed E-state index contributed by atoms with van der Waals surface area (Å²) < 4.78 is 1.59. The number of anilines is 1. The van der Waals surface area contributed by atoms with Crippen LogP contribution in [-0.4, -0.2) is 10.8 Å². The van der Waals surface area contributed by atoms with Crippen LogP contribution in [0, 0.1) is 10.1 Å². The minimum atomic E-state index is -0.535. The Labute approximate surface area is 131 Å². The third-order valence-electron chi connectivity index (χ3n) is 2.50. The number of nitrogens with one attached hydrogen (secondary N) is 1. The third-order valence-corrected chi connectivity index (χ3v) is 3.65. The molecule has 0 heterocycles. The second-order valence-electron chi connectivity index (χ2n) is 3.89. The van der Waals surface area contributed by atoms with Crippen molar-refractivity contribution in [3.05, 3.63) is 67.1 Å². The number of hydrogen-bond donors (Lipinski definition) is 1. The lowest BCUT2D eigenvalue weighted by atomic mass is 10.2. The van der Waals surface area contributed by atoms with Crippen LogP contribution >= 0.6 is 31.9 Å². The van der Waals surface area contributed by atoms with Crippen LogP contribution in [-0.2, 0) is 0 Å². The molecule has 7 heteroatoms. The van der Waals surface area contributed by atoms with E-state index < -0.39 is 10.8 Å². The number of carbonyl (C=O) groups excluding carboxylic acids is 1. The summed E-state index contributed by atoms with van der Waals surface area (Å²) in [5.41, 5.74) is 0.700. The van der Waals surface area contributed by atoms with Gasteiger partial charge in [-0.3, -0.25) is 14.9 Å². The van der Waals surface area contributed by atoms with Crippen molar-refractivity contribution in [2.75, 3.05) is 5.32 Å². The molecule has 0 saturated carbocycles. The molecule has 1 N–H and O–H groups in total. The molecule has 0 aliphatic rings. The topological polar surface area (TPSA) is 72.2 Å². The molecule has 2 rings (SSSR count). The first-order chi connectivity index (χ1) is 9.47. The highest BCUT2D eigenvalue weighted by Crippen LogP contribution is 2.26. The van der Waals surface area contributed by atoms with Crippen LogP contribution in [0.5, 0.6) is 0 Å². The Morgan fingerprint density at radius 1 is 1.15 bits per heavy atom. The SMILES string of the molecule is O=C(Nc1ccc(Br)cc1Br)c1cccc([N+](=O)[O-])c1. The van der Waals surface area contributed by atoms with Crippen molar-refractivity contribution in [1.29, 1.82) is 0 Å². The predicted molar refractivity (Wildman–Crippen MR) is 82.9 cm³/mol. The number of amides is 1. The average molecular weight is 400 g/mol. The van der Waals surface area contributed by atoms with E-state index in [0.717, 1.165) is 4.47 Å². The first-order valence-corrected chi connectivity index (χ1v) is 7.07. The molecule has 0 aromatic heterocycles. The highest BCUT2D eigenvalue weighted by Gasteiger charge is 2.12. The maximum atomic E-state index is 12.1. The zero-order valence-corrected chi connectivity index (χ0v) is 13.1. The summed E-state index contributed by atoms with van der Waals surface area (Å²) in [5, 5.41) is 13.4. The summed E-state index contributed by atoms with van der Waals surface area (Å²) >= 11 is 6.65. The first-order valence-electron chi connectivity index (χ1n) is 5.48. The van der Waals surface area contributed by atoms with Gasteiger partial charge in [-0.25, -0.2) is 0 Å². The highest BCUT2D eigenvalue weighted by molar-refractivity contribution is 9.11. The van der Waals surface area contributed by atoms with E-state index >= 15 is 0 Å². The molecule has 102 valence electrons. The van der Waals surface area contributed by atoms with Crippen molar-refractivity contribution in [3.8, 4) is 0 Å². The van der Waals surface area contributed by atoms with E-state index in [4.69, 9.17) is 0 Å². The van der Waals surface area contributed by atoms with Crippen LogP contribution in [0.2, 0.25) is 0 Å². The van der Waals surface area contributed by atoms with Gasteiger partial charge in [-0.15, -0.1) is 0 Å². The number of hydrogen-bond acceptors (Lipinski definition) is 3. The maximum Gasteiger partial charge on any atom is 0.270 e. The molecule has 0 bridgehead atoms. The fourth-order valence-corrected chi connectivity index (χ4v) is 2.69. The Hall–Kier alpha value is -1.73. The summed E-state index contributed by atoms with van der Waals surface area (Å²) in [6.45, 7) is 0. The molecule has 0 saturated heterocycles. The van der Waals surface area contributed by atoms with Crippen LogP contribution in [0.4, 0.5) is 11.4 Å². The van der Waals surface area contributed by atoms with Gasteiger partial charge < -0.3 is 5.32 Å². The van der Waals surface area contributed by atoms with Crippen molar-refractivity contribution in [2.24, 2.45) is 0 Å². The van der Waals surface area contributed by atoms with Crippen molar-refractivity contribution >= 4 is 49.1 Å². The summed E-state index contributed by atoms with van der Waals surface area (Å²) in [7, 11) is 0. The average Bonchev–Trinajstić information content (AvgIpc) is 2.42. The lowest BCUT2D eigenvalue weighted by Gasteiger charge is -2.07. The standard InChI is InChI=1S/C13H8Br2N2O3/c14-9-4-5-12(11(15)7-9)16-13(18)8-2-1-3-10(6-8)17(19)20/h1-7H,(H,16,18). The van der Waals surface area contributed by atoms with Gasteiger partial charge >= 0.3 is 0 Å². The fraction of sp³-hybridized carbons (Fsp3) is 0. The molecule has 2 aromatic rings. The molecule has 5 nitrogen and oxygen atoms in total. The molecular weight excluding hydrogens is 392 g/mol. The minimum Gasteiger partial charge on any atom is -0.321 e.